The number of aliphatic imine (C=N–C) groups is 4. The molecule has 150 heavy (non-hydrogen) atoms. The molecule has 4 aromatic heterocycles. The van der Waals surface area contributed by atoms with E-state index in [2.05, 4.69) is 39.6 Å². The van der Waals surface area contributed by atoms with Crippen LogP contribution in [-0.4, -0.2) is 54.5 Å². The van der Waals surface area contributed by atoms with Crippen molar-refractivity contribution in [1.82, 2.24) is 19.9 Å². The van der Waals surface area contributed by atoms with Gasteiger partial charge in [0.2, 0.25) is 19.3 Å². The normalized spacial score (nSPS) is 14.0. The first-order valence-electron chi connectivity index (χ1n) is 45.4. The van der Waals surface area contributed by atoms with Gasteiger partial charge in [0.1, 0.15) is 34.5 Å². The quantitative estimate of drug-likeness (QED) is 0.0557. The largest absolute Gasteiger partial charge is 0.458 e. The second kappa shape index (κ2) is 52.5. The zero-order valence-electron chi connectivity index (χ0n) is 78.4. The van der Waals surface area contributed by atoms with Crippen molar-refractivity contribution in [2.45, 2.75) is 45.9 Å². The molecule has 6 aliphatic rings. The molecule has 0 aliphatic carbocycles. The molecule has 0 amide bonds. The zero-order chi connectivity index (χ0) is 102. The van der Waals surface area contributed by atoms with E-state index in [1.165, 1.54) is 0 Å². The van der Waals surface area contributed by atoms with Gasteiger partial charge in [-0.1, -0.05) is 366 Å². The molecular weight excluding hydrogens is 2100 g/mol. The minimum absolute atomic E-state index is 0. The first kappa shape index (κ1) is 108. The van der Waals surface area contributed by atoms with E-state index in [9.17, 15) is 0 Å². The van der Waals surface area contributed by atoms with E-state index in [-0.39, 0.29) is 60.8 Å². The van der Waals surface area contributed by atoms with Crippen molar-refractivity contribution >= 4 is 143 Å². The van der Waals surface area contributed by atoms with Crippen molar-refractivity contribution in [1.29, 1.82) is 0 Å². The molecule has 19 aromatic rings. The SMILES string of the molecule is C.CC.O=S(=O)(O)O.[C-]#[N+]c1cccc(Oc2ccccc2)c1[N+]#[C-].[C-]#[N+]c1ccccc1[N+]#[C-].[Cl][Cu][Cl].[Cu].[Cu].c1ccc(OCOc2ccccc2)cc1.c1ccc(OCOc2ccccc2)cc1.c1ccc2c(c1)C1=Nc3[n-]c(c4ccccc34)N=C3[N-]C(N=c4[n-]c(c5ccccc45)=NC2[N-]1)c1ccccc13.c1ccc2c(c1)C1=Nc3[n-]c(c4ccccc34)N=C3[N-]C(N=c4[n-]c(c5ccccc45)=NC2[N-]1)c1ccccc13. The van der Waals surface area contributed by atoms with Crippen LogP contribution in [0.25, 0.3) is 83.7 Å². The number of hydrogen-bond donors (Lipinski definition) is 2. The Balaban J connectivity index is 0.000000148. The number of hydrogen-bond acceptors (Lipinski definition) is 15. The molecule has 0 fully saturated rings. The van der Waals surface area contributed by atoms with Gasteiger partial charge in [0, 0.05) is 80.8 Å². The minimum atomic E-state index is -4.67. The van der Waals surface area contributed by atoms with Gasteiger partial charge >= 0.3 is 43.7 Å². The molecule has 29 nitrogen and oxygen atoms in total. The van der Waals surface area contributed by atoms with Gasteiger partial charge in [-0.3, -0.25) is 18.8 Å². The predicted molar refractivity (Wildman–Crippen MR) is 575 cm³/mol. The maximum atomic E-state index is 8.74. The van der Waals surface area contributed by atoms with E-state index in [0.717, 1.165) is 124 Å². The van der Waals surface area contributed by atoms with Gasteiger partial charge in [-0.05, 0) is 178 Å². The fraction of sp³-hybridized carbons (Fsp3) is 0.0783. The Morgan fingerprint density at radius 1 is 0.300 bits per heavy atom. The minimum Gasteiger partial charge on any atom is -0.458 e. The zero-order valence-corrected chi connectivity index (χ0v) is 83.6. The van der Waals surface area contributed by atoms with Crippen molar-refractivity contribution in [3.63, 3.8) is 0 Å². The Hall–Kier alpha value is -17.5. The number of aromatic nitrogens is 4. The molecule has 4 unspecified atom stereocenters. The second-order valence-corrected chi connectivity index (χ2v) is 33.8. The maximum absolute atomic E-state index is 8.74. The van der Waals surface area contributed by atoms with E-state index in [1.807, 2.05) is 347 Å². The molecule has 0 saturated heterocycles. The fourth-order valence-corrected chi connectivity index (χ4v) is 15.9. The first-order valence-corrected chi connectivity index (χ1v) is 49.4. The summed E-state index contributed by atoms with van der Waals surface area (Å²) >= 11 is 0.757. The predicted octanol–water partition coefficient (Wildman–Crippen LogP) is 27.5. The summed E-state index contributed by atoms with van der Waals surface area (Å²) < 4.78 is 58.7. The van der Waals surface area contributed by atoms with Crippen LogP contribution in [0, 0.1) is 26.3 Å². The van der Waals surface area contributed by atoms with Crippen LogP contribution in [0.3, 0.4) is 0 Å². The number of nitrogens with zero attached hydrogens (tertiary/aromatic N) is 20. The van der Waals surface area contributed by atoms with Gasteiger partial charge in [-0.15, -0.1) is 0 Å². The van der Waals surface area contributed by atoms with Crippen LogP contribution in [0.4, 0.5) is 46.0 Å². The molecule has 759 valence electrons. The van der Waals surface area contributed by atoms with E-state index >= 15 is 0 Å². The number of halogens is 2. The van der Waals surface area contributed by atoms with Crippen LogP contribution >= 0.6 is 20.2 Å². The van der Waals surface area contributed by atoms with E-state index < -0.39 is 35.1 Å². The summed E-state index contributed by atoms with van der Waals surface area (Å²) in [6, 6.07) is 124. The average molecular weight is 2180 g/mol. The smallest absolute Gasteiger partial charge is 0.230 e. The standard InChI is InChI=1S/2C32H18N8.C14H8N2O.2C13H12O2.C8H4N2.C2H6.CH4.2ClH.3Cu.H2O4S/c2*1-2-10-18-17(9-1)25-33-26(18)38-28-21-13-5-6-14-22(21)30(35-28)40-32-24-16-8-7-15-23(24)31(36-32)39-29-20-12-4-3-11-19(20)27(34-29)37-25;1-15-12-9-6-10-13(14(12)16-2)17-11-7-4-3-5-8-11;2*1-3-7-12(8-4-1)14-11-15-13-9-5-2-6-10-13;1-9-7-5-3-4-6-8(7)10-2;1-2;;;;;;;1-5(2,3)4/h2*1-16,25,31H;3-10H;2*1-10H,11H2;3-6H;1-2H3;1H4;2*1H;;;;(H2,1,2,3,4)/q2*-4;;;;;;;;;;;+2;/p-2. The molecule has 25 rings (SSSR count). The summed E-state index contributed by atoms with van der Waals surface area (Å²) in [5, 5.41) is 27.2. The van der Waals surface area contributed by atoms with Crippen molar-refractivity contribution in [2.24, 2.45) is 39.9 Å². The second-order valence-electron chi connectivity index (χ2n) is 31.4. The molecule has 0 spiro atoms. The van der Waals surface area contributed by atoms with Gasteiger partial charge in [0.25, 0.3) is 0 Å². The molecule has 35 heteroatoms. The molecule has 2 N–H and O–H groups in total. The molecule has 15 aromatic carbocycles. The first-order chi connectivity index (χ1) is 72.1. The van der Waals surface area contributed by atoms with Crippen LogP contribution < -0.4 is 65.6 Å². The topological polar surface area (TPSA) is 350 Å². The number of benzene rings is 15. The summed E-state index contributed by atoms with van der Waals surface area (Å²) in [4.78, 5) is 72.7. The summed E-state index contributed by atoms with van der Waals surface area (Å²) in [7, 11) is 4.67. The number of amidine groups is 4. The Kier molecular flexibility index (Phi) is 37.9. The van der Waals surface area contributed by atoms with Gasteiger partial charge in [-0.2, -0.15) is 8.42 Å². The van der Waals surface area contributed by atoms with Gasteiger partial charge in [-0.25, -0.2) is 9.69 Å². The summed E-state index contributed by atoms with van der Waals surface area (Å²) in [5.41, 5.74) is 11.5. The number of para-hydroxylation sites is 8. The van der Waals surface area contributed by atoms with E-state index in [4.69, 9.17) is 149 Å². The molecule has 10 heterocycles. The molecule has 2 radical (unpaired) electrons. The third-order valence-corrected chi connectivity index (χ3v) is 22.4. The molecule has 6 aliphatic heterocycles. The Labute approximate surface area is 900 Å². The fourth-order valence-electron chi connectivity index (χ4n) is 15.9. The van der Waals surface area contributed by atoms with Gasteiger partial charge in [0.15, 0.2) is 17.1 Å². The van der Waals surface area contributed by atoms with Crippen molar-refractivity contribution < 1.29 is 88.5 Å². The van der Waals surface area contributed by atoms with Crippen LogP contribution in [0.2, 0.25) is 0 Å². The summed E-state index contributed by atoms with van der Waals surface area (Å²) in [5.74, 6) is 8.98. The molecule has 4 atom stereocenters. The van der Waals surface area contributed by atoms with Crippen molar-refractivity contribution in [2.75, 3.05) is 13.6 Å². The van der Waals surface area contributed by atoms with Crippen LogP contribution in [0.15, 0.2) is 428 Å². The molecular formula is C115H84Cl2Cu3N20O9S-8. The average Bonchev–Trinajstić information content (AvgIpc) is 1.60. The van der Waals surface area contributed by atoms with Crippen LogP contribution in [-0.2, 0) is 57.7 Å². The Morgan fingerprint density at radius 3 is 0.773 bits per heavy atom. The number of fused-ring (bicyclic) bond motifs is 40. The van der Waals surface area contributed by atoms with Gasteiger partial charge < -0.3 is 105 Å². The third kappa shape index (κ3) is 26.5. The summed E-state index contributed by atoms with van der Waals surface area (Å²) in [6.45, 7) is 31.9. The van der Waals surface area contributed by atoms with E-state index in [0.29, 0.717) is 97.1 Å². The van der Waals surface area contributed by atoms with Crippen molar-refractivity contribution in [3.8, 4) is 34.5 Å². The van der Waals surface area contributed by atoms with Crippen LogP contribution in [0.5, 0.6) is 34.5 Å². The Morgan fingerprint density at radius 2 is 0.520 bits per heavy atom. The maximum Gasteiger partial charge on any atom is 0.230 e. The molecule has 0 saturated carbocycles. The van der Waals surface area contributed by atoms with Crippen LogP contribution in [0.1, 0.15) is 90.4 Å². The number of rotatable bonds is 10. The molecule has 16 bridgehead atoms. The van der Waals surface area contributed by atoms with E-state index in [1.54, 1.807) is 54.6 Å². The Bertz CT molecular complexity index is 7870. The monoisotopic (exact) mass is 2180 g/mol. The summed E-state index contributed by atoms with van der Waals surface area (Å²) in [6.07, 6.45) is -1.90. The van der Waals surface area contributed by atoms with Gasteiger partial charge in [0.05, 0.1) is 26.3 Å². The third-order valence-electron chi connectivity index (χ3n) is 22.4. The number of ether oxygens (including phenoxy) is 5. The van der Waals surface area contributed by atoms with Crippen molar-refractivity contribution in [3.05, 3.63) is 522 Å².